The Bertz CT molecular complexity index is 558. The summed E-state index contributed by atoms with van der Waals surface area (Å²) in [5, 5.41) is 3.65. The van der Waals surface area contributed by atoms with E-state index in [1.807, 2.05) is 18.2 Å². The number of carbonyl (C=O) groups excluding carboxylic acids is 1. The molecule has 0 aliphatic heterocycles. The molecule has 1 aromatic rings. The van der Waals surface area contributed by atoms with Crippen molar-refractivity contribution < 1.29 is 9.53 Å². The Hall–Kier alpha value is -2.04. The monoisotopic (exact) mass is 360 g/mol. The zero-order chi connectivity index (χ0) is 19.2. The van der Waals surface area contributed by atoms with Crippen LogP contribution >= 0.6 is 0 Å². The first-order chi connectivity index (χ1) is 12.6. The third kappa shape index (κ3) is 7.89. The van der Waals surface area contributed by atoms with E-state index in [1.54, 1.807) is 0 Å². The van der Waals surface area contributed by atoms with Crippen LogP contribution in [0.2, 0.25) is 0 Å². The number of hydrogen-bond donors (Lipinski definition) is 0. The highest BCUT2D eigenvalue weighted by molar-refractivity contribution is 5.69. The van der Waals surface area contributed by atoms with Gasteiger partial charge in [0.1, 0.15) is 0 Å². The molecule has 0 aliphatic carbocycles. The summed E-state index contributed by atoms with van der Waals surface area (Å²) in [5.41, 5.74) is 9.73. The molecule has 0 saturated carbocycles. The summed E-state index contributed by atoms with van der Waals surface area (Å²) in [6.45, 7) is 5.60. The standard InChI is InChI=1S/C20H32N4O2/c1-4-5-7-13-19(16-20(25)26-3)24(15-10-14-22-23-21)17(2)18-11-8-6-9-12-18/h6,8-9,11-12,17,19H,4-5,7,10,13-16H2,1-3H3/t17-,19-/m1/s1. The van der Waals surface area contributed by atoms with Crippen LogP contribution in [0.4, 0.5) is 0 Å². The van der Waals surface area contributed by atoms with Crippen LogP contribution in [0.3, 0.4) is 0 Å². The first-order valence-electron chi connectivity index (χ1n) is 9.52. The number of rotatable bonds is 13. The number of ether oxygens (including phenoxy) is 1. The summed E-state index contributed by atoms with van der Waals surface area (Å²) in [6, 6.07) is 10.6. The maximum atomic E-state index is 12.0. The van der Waals surface area contributed by atoms with Crippen molar-refractivity contribution in [2.24, 2.45) is 5.11 Å². The normalized spacial score (nSPS) is 13.1. The Morgan fingerprint density at radius 1 is 1.27 bits per heavy atom. The van der Waals surface area contributed by atoms with Crippen LogP contribution in [-0.2, 0) is 9.53 Å². The molecule has 0 aromatic heterocycles. The molecular formula is C20H32N4O2. The minimum Gasteiger partial charge on any atom is -0.469 e. The maximum absolute atomic E-state index is 12.0. The number of carbonyl (C=O) groups is 1. The molecule has 0 amide bonds. The SMILES string of the molecule is CCCCC[C@H](CC(=O)OC)N(CCCN=[N+]=[N-])[C@H](C)c1ccccc1. The highest BCUT2D eigenvalue weighted by Crippen LogP contribution is 2.27. The molecular weight excluding hydrogens is 328 g/mol. The molecule has 0 saturated heterocycles. The van der Waals surface area contributed by atoms with Crippen LogP contribution in [0.1, 0.15) is 64.0 Å². The summed E-state index contributed by atoms with van der Waals surface area (Å²) in [7, 11) is 1.44. The smallest absolute Gasteiger partial charge is 0.307 e. The van der Waals surface area contributed by atoms with Gasteiger partial charge in [0.05, 0.1) is 13.5 Å². The molecule has 144 valence electrons. The van der Waals surface area contributed by atoms with Crippen molar-refractivity contribution in [2.75, 3.05) is 20.2 Å². The molecule has 1 rings (SSSR count). The lowest BCUT2D eigenvalue weighted by atomic mass is 9.98. The van der Waals surface area contributed by atoms with Gasteiger partial charge in [-0.1, -0.05) is 61.6 Å². The molecule has 0 bridgehead atoms. The number of benzene rings is 1. The quantitative estimate of drug-likeness (QED) is 0.158. The highest BCUT2D eigenvalue weighted by atomic mass is 16.5. The van der Waals surface area contributed by atoms with E-state index in [2.05, 4.69) is 40.9 Å². The number of unbranched alkanes of at least 4 members (excludes halogenated alkanes) is 2. The fourth-order valence-corrected chi connectivity index (χ4v) is 3.28. The fourth-order valence-electron chi connectivity index (χ4n) is 3.28. The van der Waals surface area contributed by atoms with Crippen LogP contribution in [0, 0.1) is 0 Å². The number of nitrogens with zero attached hydrogens (tertiary/aromatic N) is 4. The van der Waals surface area contributed by atoms with Crippen molar-refractivity contribution in [1.29, 1.82) is 0 Å². The molecule has 6 heteroatoms. The van der Waals surface area contributed by atoms with Gasteiger partial charge in [0.25, 0.3) is 0 Å². The van der Waals surface area contributed by atoms with Crippen molar-refractivity contribution >= 4 is 5.97 Å². The maximum Gasteiger partial charge on any atom is 0.307 e. The molecule has 2 atom stereocenters. The molecule has 0 spiro atoms. The van der Waals surface area contributed by atoms with Gasteiger partial charge in [-0.3, -0.25) is 9.69 Å². The van der Waals surface area contributed by atoms with Crippen molar-refractivity contribution in [3.63, 3.8) is 0 Å². The Balaban J connectivity index is 2.96. The average Bonchev–Trinajstić information content (AvgIpc) is 2.67. The minimum atomic E-state index is -0.174. The Labute approximate surface area is 157 Å². The first-order valence-corrected chi connectivity index (χ1v) is 9.52. The second kappa shape index (κ2) is 13.2. The van der Waals surface area contributed by atoms with Gasteiger partial charge >= 0.3 is 5.97 Å². The van der Waals surface area contributed by atoms with Crippen LogP contribution < -0.4 is 0 Å². The van der Waals surface area contributed by atoms with E-state index in [9.17, 15) is 4.79 Å². The van der Waals surface area contributed by atoms with Gasteiger partial charge in [-0.2, -0.15) is 0 Å². The lowest BCUT2D eigenvalue weighted by molar-refractivity contribution is -0.142. The fraction of sp³-hybridized carbons (Fsp3) is 0.650. The number of esters is 1. The molecule has 0 radical (unpaired) electrons. The highest BCUT2D eigenvalue weighted by Gasteiger charge is 2.26. The molecule has 1 aromatic carbocycles. The van der Waals surface area contributed by atoms with Crippen molar-refractivity contribution in [1.82, 2.24) is 4.90 Å². The van der Waals surface area contributed by atoms with Crippen molar-refractivity contribution in [3.05, 3.63) is 46.3 Å². The topological polar surface area (TPSA) is 78.3 Å². The van der Waals surface area contributed by atoms with E-state index >= 15 is 0 Å². The summed E-state index contributed by atoms with van der Waals surface area (Å²) >= 11 is 0. The van der Waals surface area contributed by atoms with E-state index in [0.717, 1.165) is 38.6 Å². The van der Waals surface area contributed by atoms with Gasteiger partial charge in [-0.25, -0.2) is 0 Å². The lowest BCUT2D eigenvalue weighted by Gasteiger charge is -2.36. The lowest BCUT2D eigenvalue weighted by Crippen LogP contribution is -2.40. The second-order valence-electron chi connectivity index (χ2n) is 6.56. The van der Waals surface area contributed by atoms with E-state index in [4.69, 9.17) is 10.3 Å². The Morgan fingerprint density at radius 2 is 2.00 bits per heavy atom. The van der Waals surface area contributed by atoms with Gasteiger partial charge in [0, 0.05) is 23.5 Å². The van der Waals surface area contributed by atoms with Crippen LogP contribution in [0.15, 0.2) is 35.4 Å². The number of azide groups is 1. The third-order valence-corrected chi connectivity index (χ3v) is 4.76. The molecule has 26 heavy (non-hydrogen) atoms. The first kappa shape index (κ1) is 22.0. The van der Waals surface area contributed by atoms with Gasteiger partial charge < -0.3 is 4.74 Å². The number of methoxy groups -OCH3 is 1. The van der Waals surface area contributed by atoms with Crippen LogP contribution in [0.5, 0.6) is 0 Å². The summed E-state index contributed by atoms with van der Waals surface area (Å²) < 4.78 is 4.93. The van der Waals surface area contributed by atoms with Crippen molar-refractivity contribution in [2.45, 2.75) is 64.5 Å². The van der Waals surface area contributed by atoms with E-state index in [-0.39, 0.29) is 18.1 Å². The van der Waals surface area contributed by atoms with Crippen molar-refractivity contribution in [3.8, 4) is 0 Å². The number of hydrogen-bond acceptors (Lipinski definition) is 4. The molecule has 6 nitrogen and oxygen atoms in total. The summed E-state index contributed by atoms with van der Waals surface area (Å²) in [6.07, 6.45) is 5.51. The van der Waals surface area contributed by atoms with Gasteiger partial charge in [-0.05, 0) is 37.4 Å². The average molecular weight is 361 g/mol. The minimum absolute atomic E-state index is 0.121. The summed E-state index contributed by atoms with van der Waals surface area (Å²) in [4.78, 5) is 17.2. The van der Waals surface area contributed by atoms with Crippen LogP contribution in [0.25, 0.3) is 10.4 Å². The Kier molecular flexibility index (Phi) is 11.2. The molecule has 0 heterocycles. The summed E-state index contributed by atoms with van der Waals surface area (Å²) in [5.74, 6) is -0.174. The van der Waals surface area contributed by atoms with Gasteiger partial charge in [0.2, 0.25) is 0 Å². The zero-order valence-corrected chi connectivity index (χ0v) is 16.3. The Morgan fingerprint density at radius 3 is 2.62 bits per heavy atom. The molecule has 0 aliphatic rings. The van der Waals surface area contributed by atoms with E-state index < -0.39 is 0 Å². The predicted octanol–water partition coefficient (Wildman–Crippen LogP) is 5.26. The molecule has 0 N–H and O–H groups in total. The van der Waals surface area contributed by atoms with Gasteiger partial charge in [-0.15, -0.1) is 0 Å². The van der Waals surface area contributed by atoms with E-state index in [1.165, 1.54) is 12.7 Å². The predicted molar refractivity (Wildman–Crippen MR) is 105 cm³/mol. The van der Waals surface area contributed by atoms with Crippen LogP contribution in [-0.4, -0.2) is 37.1 Å². The zero-order valence-electron chi connectivity index (χ0n) is 16.3. The third-order valence-electron chi connectivity index (χ3n) is 4.76. The molecule has 0 unspecified atom stereocenters. The largest absolute Gasteiger partial charge is 0.469 e. The molecule has 0 fully saturated rings. The van der Waals surface area contributed by atoms with E-state index in [0.29, 0.717) is 13.0 Å². The second-order valence-corrected chi connectivity index (χ2v) is 6.56. The van der Waals surface area contributed by atoms with Gasteiger partial charge in [0.15, 0.2) is 0 Å².